The molecule has 94 valence electrons. The smallest absolute Gasteiger partial charge is 0.229 e. The molecule has 0 unspecified atom stereocenters. The third-order valence-electron chi connectivity index (χ3n) is 2.22. The van der Waals surface area contributed by atoms with Crippen LogP contribution in [0.2, 0.25) is 0 Å². The number of thiophene rings is 1. The minimum absolute atomic E-state index is 0.522. The summed E-state index contributed by atoms with van der Waals surface area (Å²) in [6, 6.07) is 10.6. The molecule has 6 heteroatoms. The van der Waals surface area contributed by atoms with E-state index in [2.05, 4.69) is 4.72 Å². The van der Waals surface area contributed by atoms with Gasteiger partial charge >= 0.3 is 0 Å². The normalized spacial score (nSPS) is 11.2. The number of sulfonamides is 1. The Balaban J connectivity index is 2.24. The Bertz CT molecular complexity index is 657. The molecule has 1 aromatic carbocycles. The van der Waals surface area contributed by atoms with Crippen LogP contribution in [0.25, 0.3) is 10.4 Å². The molecule has 0 atom stereocenters. The van der Waals surface area contributed by atoms with Crippen LogP contribution in [0.5, 0.6) is 0 Å². The highest BCUT2D eigenvalue weighted by Crippen LogP contribution is 2.28. The summed E-state index contributed by atoms with van der Waals surface area (Å²) < 4.78 is 24.5. The van der Waals surface area contributed by atoms with Crippen molar-refractivity contribution in [1.82, 2.24) is 0 Å². The lowest BCUT2D eigenvalue weighted by atomic mass is 10.2. The van der Waals surface area contributed by atoms with Crippen molar-refractivity contribution in [1.29, 1.82) is 0 Å². The second kappa shape index (κ2) is 4.91. The zero-order chi connectivity index (χ0) is 13.2. The van der Waals surface area contributed by atoms with E-state index in [0.29, 0.717) is 10.6 Å². The van der Waals surface area contributed by atoms with Gasteiger partial charge in [0.15, 0.2) is 6.29 Å². The highest BCUT2D eigenvalue weighted by Gasteiger charge is 2.04. The van der Waals surface area contributed by atoms with Crippen LogP contribution < -0.4 is 4.72 Å². The SMILES string of the molecule is CS(=O)(=O)Nc1ccc(-c2ccc(C=O)s2)cc1. The summed E-state index contributed by atoms with van der Waals surface area (Å²) in [5.74, 6) is 0. The number of benzene rings is 1. The first kappa shape index (κ1) is 12.8. The van der Waals surface area contributed by atoms with Gasteiger partial charge in [0.25, 0.3) is 0 Å². The number of carbonyl (C=O) groups excluding carboxylic acids is 1. The van der Waals surface area contributed by atoms with Crippen LogP contribution in [0.4, 0.5) is 5.69 Å². The molecule has 0 saturated carbocycles. The Hall–Kier alpha value is -1.66. The predicted molar refractivity (Wildman–Crippen MR) is 73.6 cm³/mol. The number of nitrogens with one attached hydrogen (secondary N) is 1. The number of aldehydes is 1. The molecule has 0 saturated heterocycles. The zero-order valence-electron chi connectivity index (χ0n) is 9.58. The van der Waals surface area contributed by atoms with E-state index in [4.69, 9.17) is 0 Å². The molecule has 0 spiro atoms. The third kappa shape index (κ3) is 3.18. The second-order valence-electron chi connectivity index (χ2n) is 3.77. The van der Waals surface area contributed by atoms with E-state index in [9.17, 15) is 13.2 Å². The van der Waals surface area contributed by atoms with Gasteiger partial charge in [-0.3, -0.25) is 9.52 Å². The van der Waals surface area contributed by atoms with E-state index in [0.717, 1.165) is 23.0 Å². The molecule has 0 radical (unpaired) electrons. The highest BCUT2D eigenvalue weighted by molar-refractivity contribution is 7.92. The molecule has 1 heterocycles. The largest absolute Gasteiger partial charge is 0.297 e. The average Bonchev–Trinajstić information content (AvgIpc) is 2.76. The maximum atomic E-state index is 11.0. The van der Waals surface area contributed by atoms with Crippen molar-refractivity contribution in [2.75, 3.05) is 11.0 Å². The quantitative estimate of drug-likeness (QED) is 0.876. The van der Waals surface area contributed by atoms with Gasteiger partial charge in [-0.25, -0.2) is 8.42 Å². The molecule has 0 fully saturated rings. The van der Waals surface area contributed by atoms with Crippen LogP contribution >= 0.6 is 11.3 Å². The fourth-order valence-electron chi connectivity index (χ4n) is 1.49. The molecule has 0 aliphatic rings. The van der Waals surface area contributed by atoms with E-state index in [1.54, 1.807) is 18.2 Å². The van der Waals surface area contributed by atoms with Gasteiger partial charge in [-0.2, -0.15) is 0 Å². The molecular formula is C12H11NO3S2. The first-order chi connectivity index (χ1) is 8.48. The van der Waals surface area contributed by atoms with Gasteiger partial charge in [-0.1, -0.05) is 12.1 Å². The summed E-state index contributed by atoms with van der Waals surface area (Å²) in [5.41, 5.74) is 1.47. The lowest BCUT2D eigenvalue weighted by Gasteiger charge is -2.04. The van der Waals surface area contributed by atoms with Crippen molar-refractivity contribution in [3.05, 3.63) is 41.3 Å². The van der Waals surface area contributed by atoms with Crippen LogP contribution in [-0.2, 0) is 10.0 Å². The molecule has 2 rings (SSSR count). The van der Waals surface area contributed by atoms with Crippen LogP contribution in [-0.4, -0.2) is 21.0 Å². The van der Waals surface area contributed by atoms with Gasteiger partial charge in [-0.15, -0.1) is 11.3 Å². The number of hydrogen-bond donors (Lipinski definition) is 1. The van der Waals surface area contributed by atoms with Crippen molar-refractivity contribution in [3.63, 3.8) is 0 Å². The molecule has 0 bridgehead atoms. The standard InChI is InChI=1S/C12H11NO3S2/c1-18(15,16)13-10-4-2-9(3-5-10)12-7-6-11(8-14)17-12/h2-8,13H,1H3. The number of hydrogen-bond acceptors (Lipinski definition) is 4. The van der Waals surface area contributed by atoms with Crippen LogP contribution in [0.3, 0.4) is 0 Å². The van der Waals surface area contributed by atoms with Gasteiger partial charge in [0.05, 0.1) is 11.1 Å². The van der Waals surface area contributed by atoms with E-state index in [-0.39, 0.29) is 0 Å². The molecule has 4 nitrogen and oxygen atoms in total. The number of anilines is 1. The first-order valence-electron chi connectivity index (χ1n) is 5.11. The van der Waals surface area contributed by atoms with Gasteiger partial charge in [0.1, 0.15) is 0 Å². The van der Waals surface area contributed by atoms with Gasteiger partial charge < -0.3 is 0 Å². The Morgan fingerprint density at radius 3 is 2.28 bits per heavy atom. The Labute approximate surface area is 109 Å². The maximum absolute atomic E-state index is 11.0. The maximum Gasteiger partial charge on any atom is 0.229 e. The van der Waals surface area contributed by atoms with E-state index in [1.807, 2.05) is 18.2 Å². The minimum Gasteiger partial charge on any atom is -0.297 e. The fourth-order valence-corrected chi connectivity index (χ4v) is 2.88. The molecular weight excluding hydrogens is 270 g/mol. The van der Waals surface area contributed by atoms with Crippen LogP contribution in [0, 0.1) is 0 Å². The lowest BCUT2D eigenvalue weighted by molar-refractivity contribution is 0.112. The van der Waals surface area contributed by atoms with E-state index < -0.39 is 10.0 Å². The summed E-state index contributed by atoms with van der Waals surface area (Å²) in [7, 11) is -3.25. The van der Waals surface area contributed by atoms with Crippen LogP contribution in [0.1, 0.15) is 9.67 Å². The molecule has 18 heavy (non-hydrogen) atoms. The minimum atomic E-state index is -3.25. The Morgan fingerprint density at radius 1 is 1.11 bits per heavy atom. The van der Waals surface area contributed by atoms with Crippen LogP contribution in [0.15, 0.2) is 36.4 Å². The van der Waals surface area contributed by atoms with Crippen molar-refractivity contribution in [2.45, 2.75) is 0 Å². The van der Waals surface area contributed by atoms with Gasteiger partial charge in [0.2, 0.25) is 10.0 Å². The molecule has 1 aromatic heterocycles. The Kier molecular flexibility index (Phi) is 3.49. The third-order valence-corrected chi connectivity index (χ3v) is 3.88. The molecule has 0 amide bonds. The summed E-state index contributed by atoms with van der Waals surface area (Å²) in [6.07, 6.45) is 1.92. The highest BCUT2D eigenvalue weighted by atomic mass is 32.2. The summed E-state index contributed by atoms with van der Waals surface area (Å²) >= 11 is 1.40. The zero-order valence-corrected chi connectivity index (χ0v) is 11.2. The molecule has 0 aliphatic carbocycles. The van der Waals surface area contributed by atoms with E-state index >= 15 is 0 Å². The molecule has 1 N–H and O–H groups in total. The molecule has 2 aromatic rings. The number of rotatable bonds is 4. The lowest BCUT2D eigenvalue weighted by Crippen LogP contribution is -2.09. The first-order valence-corrected chi connectivity index (χ1v) is 7.82. The average molecular weight is 281 g/mol. The van der Waals surface area contributed by atoms with E-state index in [1.165, 1.54) is 11.3 Å². The second-order valence-corrected chi connectivity index (χ2v) is 6.64. The van der Waals surface area contributed by atoms with Crippen molar-refractivity contribution in [3.8, 4) is 10.4 Å². The van der Waals surface area contributed by atoms with Crippen molar-refractivity contribution < 1.29 is 13.2 Å². The van der Waals surface area contributed by atoms with Gasteiger partial charge in [-0.05, 0) is 29.8 Å². The molecule has 0 aliphatic heterocycles. The van der Waals surface area contributed by atoms with Crippen molar-refractivity contribution in [2.24, 2.45) is 0 Å². The van der Waals surface area contributed by atoms with Crippen molar-refractivity contribution >= 4 is 33.3 Å². The fraction of sp³-hybridized carbons (Fsp3) is 0.0833. The Morgan fingerprint density at radius 2 is 1.78 bits per heavy atom. The monoisotopic (exact) mass is 281 g/mol. The topological polar surface area (TPSA) is 63.2 Å². The number of carbonyl (C=O) groups is 1. The summed E-state index contributed by atoms with van der Waals surface area (Å²) in [6.45, 7) is 0. The van der Waals surface area contributed by atoms with Gasteiger partial charge in [0, 0.05) is 10.6 Å². The predicted octanol–water partition coefficient (Wildman–Crippen LogP) is 2.60. The summed E-state index contributed by atoms with van der Waals surface area (Å²) in [4.78, 5) is 12.2. The summed E-state index contributed by atoms with van der Waals surface area (Å²) in [5, 5.41) is 0.